The highest BCUT2D eigenvalue weighted by atomic mass is 14.7. The van der Waals surface area contributed by atoms with Crippen LogP contribution in [0.4, 0.5) is 0 Å². The van der Waals surface area contributed by atoms with Gasteiger partial charge in [-0.2, -0.15) is 0 Å². The zero-order valence-electron chi connectivity index (χ0n) is 32.4. The van der Waals surface area contributed by atoms with E-state index in [-0.39, 0.29) is 0 Å². The molecule has 1 heteroatoms. The first-order valence-electron chi connectivity index (χ1n) is 20.8. The van der Waals surface area contributed by atoms with E-state index in [1.54, 1.807) is 11.1 Å². The van der Waals surface area contributed by atoms with Gasteiger partial charge in [0.05, 0.1) is 0 Å². The first-order valence-corrected chi connectivity index (χ1v) is 20.8. The van der Waals surface area contributed by atoms with Crippen molar-refractivity contribution in [3.8, 4) is 33.5 Å². The Labute approximate surface area is 336 Å². The Morgan fingerprint density at radius 2 is 1.39 bits per heavy atom. The van der Waals surface area contributed by atoms with Crippen LogP contribution in [0.5, 0.6) is 0 Å². The Bertz CT molecular complexity index is 2870. The van der Waals surface area contributed by atoms with Gasteiger partial charge < -0.3 is 4.98 Å². The van der Waals surface area contributed by atoms with Crippen molar-refractivity contribution in [1.29, 1.82) is 0 Å². The first-order chi connectivity index (χ1) is 28.2. The van der Waals surface area contributed by atoms with Gasteiger partial charge in [0.15, 0.2) is 0 Å². The Hall–Kier alpha value is -6.44. The van der Waals surface area contributed by atoms with Gasteiger partial charge in [0.2, 0.25) is 0 Å². The van der Waals surface area contributed by atoms with Crippen molar-refractivity contribution in [2.75, 3.05) is 0 Å². The molecule has 0 unspecified atom stereocenters. The monoisotopic (exact) mass is 731 g/mol. The molecule has 57 heavy (non-hydrogen) atoms. The molecule has 0 saturated heterocycles. The van der Waals surface area contributed by atoms with Gasteiger partial charge in [0, 0.05) is 11.4 Å². The minimum absolute atomic E-state index is 0.932. The third-order valence-corrected chi connectivity index (χ3v) is 12.9. The average Bonchev–Trinajstić information content (AvgIpc) is 3.90. The van der Waals surface area contributed by atoms with Crippen molar-refractivity contribution in [3.05, 3.63) is 215 Å². The summed E-state index contributed by atoms with van der Waals surface area (Å²) in [5.41, 5.74) is 25.3. The quantitative estimate of drug-likeness (QED) is 0.164. The van der Waals surface area contributed by atoms with Crippen LogP contribution in [-0.4, -0.2) is 4.98 Å². The Kier molecular flexibility index (Phi) is 8.28. The highest BCUT2D eigenvalue weighted by Crippen LogP contribution is 2.50. The SMILES string of the molecule is C=C(CCC1=C2CC=CC=C2C2=C1CCC=C2)c1cc(-c2ccc(-c3ccc(C4=CC=CCC=C4)[nH]3)cc2)cc(-c2ccc3c4c(cccc24)C2=C3CCC=C2)c1. The Morgan fingerprint density at radius 3 is 2.30 bits per heavy atom. The van der Waals surface area contributed by atoms with Crippen molar-refractivity contribution in [1.82, 2.24) is 4.98 Å². The summed E-state index contributed by atoms with van der Waals surface area (Å²) >= 11 is 0. The van der Waals surface area contributed by atoms with Gasteiger partial charge >= 0.3 is 0 Å². The van der Waals surface area contributed by atoms with Gasteiger partial charge in [-0.15, -0.1) is 0 Å². The molecule has 1 nitrogen and oxygen atoms in total. The second-order valence-electron chi connectivity index (χ2n) is 16.2. The van der Waals surface area contributed by atoms with E-state index < -0.39 is 0 Å². The molecule has 0 amide bonds. The van der Waals surface area contributed by atoms with Gasteiger partial charge in [-0.3, -0.25) is 0 Å². The van der Waals surface area contributed by atoms with Crippen LogP contribution in [0.1, 0.15) is 73.8 Å². The van der Waals surface area contributed by atoms with Crippen molar-refractivity contribution >= 4 is 33.1 Å². The molecule has 0 bridgehead atoms. The van der Waals surface area contributed by atoms with Crippen LogP contribution in [0.3, 0.4) is 0 Å². The minimum atomic E-state index is 0.932. The average molecular weight is 732 g/mol. The number of benzene rings is 4. The molecule has 11 rings (SSSR count). The highest BCUT2D eigenvalue weighted by molar-refractivity contribution is 6.19. The molecule has 5 aromatic rings. The fourth-order valence-corrected chi connectivity index (χ4v) is 10.1. The van der Waals surface area contributed by atoms with E-state index in [2.05, 4.69) is 163 Å². The van der Waals surface area contributed by atoms with Gasteiger partial charge in [-0.25, -0.2) is 0 Å². The standard InChI is InChI=1S/C56H45N/c1-36(23-28-50-46-17-8-6-15-44(46)45-16-7-9-18-47(45)50)40-33-41(37-24-26-39(27-25-37)55-32-31-54(57-55)38-13-4-2-3-5-14-38)35-42(34-40)43-29-30-53-49-20-11-10-19-48(49)52-22-12-21-51(43)56(52)53/h2,4-8,10,12-16,19,21-22,24-27,29-35,57H,1,3,9,11,17-18,20,23,28H2. The van der Waals surface area contributed by atoms with Gasteiger partial charge in [0.25, 0.3) is 0 Å². The summed E-state index contributed by atoms with van der Waals surface area (Å²) in [5, 5.41) is 2.74. The molecule has 1 aromatic heterocycles. The maximum absolute atomic E-state index is 4.80. The first kappa shape index (κ1) is 33.9. The molecule has 1 N–H and O–H groups in total. The van der Waals surface area contributed by atoms with E-state index in [4.69, 9.17) is 6.58 Å². The van der Waals surface area contributed by atoms with Crippen LogP contribution in [0.2, 0.25) is 0 Å². The van der Waals surface area contributed by atoms with Crippen LogP contribution in [0.25, 0.3) is 66.6 Å². The molecule has 0 radical (unpaired) electrons. The van der Waals surface area contributed by atoms with E-state index in [0.717, 1.165) is 62.8 Å². The molecule has 274 valence electrons. The maximum atomic E-state index is 4.80. The third-order valence-electron chi connectivity index (χ3n) is 12.9. The molecule has 6 aliphatic rings. The summed E-state index contributed by atoms with van der Waals surface area (Å²) in [4.78, 5) is 3.67. The molecule has 0 fully saturated rings. The second-order valence-corrected chi connectivity index (χ2v) is 16.2. The minimum Gasteiger partial charge on any atom is -0.355 e. The molecular weight excluding hydrogens is 687 g/mol. The van der Waals surface area contributed by atoms with E-state index in [0.29, 0.717) is 0 Å². The molecule has 1 heterocycles. The number of allylic oxidation sites excluding steroid dienone is 21. The van der Waals surface area contributed by atoms with Crippen molar-refractivity contribution < 1.29 is 0 Å². The molecule has 0 saturated carbocycles. The fourth-order valence-electron chi connectivity index (χ4n) is 10.1. The molecular formula is C56H45N. The molecule has 0 aliphatic heterocycles. The lowest BCUT2D eigenvalue weighted by atomic mass is 9.87. The summed E-state index contributed by atoms with van der Waals surface area (Å²) < 4.78 is 0. The summed E-state index contributed by atoms with van der Waals surface area (Å²) in [7, 11) is 0. The van der Waals surface area contributed by atoms with E-state index in [9.17, 15) is 0 Å². The molecule has 0 atom stereocenters. The van der Waals surface area contributed by atoms with Crippen molar-refractivity contribution in [2.45, 2.75) is 51.4 Å². The van der Waals surface area contributed by atoms with E-state index in [1.165, 1.54) is 94.3 Å². The highest BCUT2D eigenvalue weighted by Gasteiger charge is 2.29. The smallest absolute Gasteiger partial charge is 0.0458 e. The van der Waals surface area contributed by atoms with Crippen LogP contribution in [-0.2, 0) is 0 Å². The summed E-state index contributed by atoms with van der Waals surface area (Å²) in [6, 6.07) is 32.3. The third kappa shape index (κ3) is 5.84. The molecule has 4 aromatic carbocycles. The lowest BCUT2D eigenvalue weighted by Crippen LogP contribution is -1.96. The van der Waals surface area contributed by atoms with Gasteiger partial charge in [-0.05, 0) is 187 Å². The van der Waals surface area contributed by atoms with Crippen LogP contribution < -0.4 is 0 Å². The fraction of sp³-hybridized carbons (Fsp3) is 0.143. The number of aromatic nitrogens is 1. The zero-order chi connectivity index (χ0) is 37.9. The predicted octanol–water partition coefficient (Wildman–Crippen LogP) is 15.3. The predicted molar refractivity (Wildman–Crippen MR) is 243 cm³/mol. The number of aromatic amines is 1. The van der Waals surface area contributed by atoms with Crippen LogP contribution >= 0.6 is 0 Å². The number of nitrogens with one attached hydrogen (secondary N) is 1. The van der Waals surface area contributed by atoms with Gasteiger partial charge in [-0.1, -0.05) is 134 Å². The number of rotatable bonds is 8. The summed E-state index contributed by atoms with van der Waals surface area (Å²) in [6.45, 7) is 4.80. The van der Waals surface area contributed by atoms with Gasteiger partial charge in [0.1, 0.15) is 0 Å². The van der Waals surface area contributed by atoms with Crippen molar-refractivity contribution in [3.63, 3.8) is 0 Å². The lowest BCUT2D eigenvalue weighted by Gasteiger charge is -2.17. The molecule has 6 aliphatic carbocycles. The number of hydrogen-bond acceptors (Lipinski definition) is 0. The normalized spacial score (nSPS) is 17.6. The van der Waals surface area contributed by atoms with E-state index in [1.807, 2.05) is 0 Å². The number of H-pyrrole nitrogens is 1. The second kappa shape index (κ2) is 13.9. The Balaban J connectivity index is 0.969. The maximum Gasteiger partial charge on any atom is 0.0458 e. The zero-order valence-corrected chi connectivity index (χ0v) is 32.4. The summed E-state index contributed by atoms with van der Waals surface area (Å²) in [6.07, 6.45) is 35.6. The van der Waals surface area contributed by atoms with Crippen LogP contribution in [0, 0.1) is 0 Å². The van der Waals surface area contributed by atoms with Crippen molar-refractivity contribution in [2.24, 2.45) is 0 Å². The molecule has 0 spiro atoms. The number of fused-ring (bicyclic) bond motifs is 4. The summed E-state index contributed by atoms with van der Waals surface area (Å²) in [5.74, 6) is 0. The van der Waals surface area contributed by atoms with Crippen LogP contribution in [0.15, 0.2) is 192 Å². The largest absolute Gasteiger partial charge is 0.355 e. The lowest BCUT2D eigenvalue weighted by molar-refractivity contribution is 0.907. The van der Waals surface area contributed by atoms with E-state index >= 15 is 0 Å². The number of hydrogen-bond donors (Lipinski definition) is 1. The topological polar surface area (TPSA) is 15.8 Å². The Morgan fingerprint density at radius 1 is 0.596 bits per heavy atom.